The quantitative estimate of drug-likeness (QED) is 0.873. The van der Waals surface area contributed by atoms with Crippen LogP contribution in [0.15, 0.2) is 34.9 Å². The van der Waals surface area contributed by atoms with Crippen LogP contribution in [0.25, 0.3) is 0 Å². The number of amides is 1. The second-order valence-corrected chi connectivity index (χ2v) is 6.55. The molecule has 0 saturated carbocycles. The zero-order chi connectivity index (χ0) is 17.6. The van der Waals surface area contributed by atoms with Crippen LogP contribution in [0.4, 0.5) is 5.69 Å². The number of carbonyl (C=O) groups is 1. The highest BCUT2D eigenvalue weighted by molar-refractivity contribution is 5.93. The van der Waals surface area contributed by atoms with Crippen LogP contribution in [-0.4, -0.2) is 53.6 Å². The first-order valence-electron chi connectivity index (χ1n) is 8.88. The van der Waals surface area contributed by atoms with Gasteiger partial charge in [-0.25, -0.2) is 0 Å². The Labute approximate surface area is 148 Å². The average molecular weight is 342 g/mol. The van der Waals surface area contributed by atoms with Crippen LogP contribution in [0, 0.1) is 6.92 Å². The minimum absolute atomic E-state index is 0.0557. The van der Waals surface area contributed by atoms with E-state index in [-0.39, 0.29) is 5.91 Å². The molecule has 6 nitrogen and oxygen atoms in total. The van der Waals surface area contributed by atoms with Crippen LogP contribution in [0.2, 0.25) is 0 Å². The standard InChI is InChI=1S/C19H26N4O2/c1-3-16-6-4-5-7-18(16)20-19(24)14-23-10-8-22(9-11-23)13-17-12-15(2)21-25-17/h4-7,12H,3,8-11,13-14H2,1-2H3,(H,20,24). The molecule has 25 heavy (non-hydrogen) atoms. The fourth-order valence-electron chi connectivity index (χ4n) is 3.16. The van der Waals surface area contributed by atoms with Crippen LogP contribution in [0.1, 0.15) is 23.9 Å². The van der Waals surface area contributed by atoms with Gasteiger partial charge in [-0.1, -0.05) is 30.3 Å². The Morgan fingerprint density at radius 2 is 1.92 bits per heavy atom. The Kier molecular flexibility index (Phi) is 5.83. The molecule has 0 spiro atoms. The summed E-state index contributed by atoms with van der Waals surface area (Å²) in [6.45, 7) is 8.88. The second kappa shape index (κ2) is 8.27. The summed E-state index contributed by atoms with van der Waals surface area (Å²) >= 11 is 0. The number of nitrogens with zero attached hydrogens (tertiary/aromatic N) is 3. The Morgan fingerprint density at radius 3 is 2.60 bits per heavy atom. The molecule has 2 heterocycles. The maximum absolute atomic E-state index is 12.3. The highest BCUT2D eigenvalue weighted by atomic mass is 16.5. The van der Waals surface area contributed by atoms with Gasteiger partial charge in [-0.2, -0.15) is 0 Å². The SMILES string of the molecule is CCc1ccccc1NC(=O)CN1CCN(Cc2cc(C)no2)CC1. The maximum atomic E-state index is 12.3. The zero-order valence-electron chi connectivity index (χ0n) is 15.0. The van der Waals surface area contributed by atoms with Crippen LogP contribution in [-0.2, 0) is 17.8 Å². The number of nitrogens with one attached hydrogen (secondary N) is 1. The third kappa shape index (κ3) is 4.90. The summed E-state index contributed by atoms with van der Waals surface area (Å²) in [5.41, 5.74) is 3.01. The molecule has 0 unspecified atom stereocenters. The van der Waals surface area contributed by atoms with E-state index in [9.17, 15) is 4.79 Å². The van der Waals surface area contributed by atoms with Crippen LogP contribution < -0.4 is 5.32 Å². The topological polar surface area (TPSA) is 61.6 Å². The van der Waals surface area contributed by atoms with Crippen LogP contribution in [0.3, 0.4) is 0 Å². The zero-order valence-corrected chi connectivity index (χ0v) is 15.0. The number of anilines is 1. The fourth-order valence-corrected chi connectivity index (χ4v) is 3.16. The van der Waals surface area contributed by atoms with Gasteiger partial charge < -0.3 is 9.84 Å². The second-order valence-electron chi connectivity index (χ2n) is 6.55. The number of benzene rings is 1. The Balaban J connectivity index is 1.44. The van der Waals surface area contributed by atoms with Crippen LogP contribution >= 0.6 is 0 Å². The van der Waals surface area contributed by atoms with Gasteiger partial charge in [-0.05, 0) is 25.0 Å². The summed E-state index contributed by atoms with van der Waals surface area (Å²) in [5.74, 6) is 0.958. The van der Waals surface area contributed by atoms with Crippen molar-refractivity contribution < 1.29 is 9.32 Å². The van der Waals surface area contributed by atoms with E-state index < -0.39 is 0 Å². The predicted molar refractivity (Wildman–Crippen MR) is 97.4 cm³/mol. The van der Waals surface area contributed by atoms with Crippen molar-refractivity contribution >= 4 is 11.6 Å². The molecule has 0 radical (unpaired) electrons. The average Bonchev–Trinajstić information content (AvgIpc) is 3.02. The minimum atomic E-state index is 0.0557. The molecule has 0 atom stereocenters. The number of aryl methyl sites for hydroxylation is 2. The first-order chi connectivity index (χ1) is 12.1. The van der Waals surface area contributed by atoms with E-state index in [0.29, 0.717) is 6.54 Å². The summed E-state index contributed by atoms with van der Waals surface area (Å²) in [5, 5.41) is 6.97. The van der Waals surface area contributed by atoms with Crippen LogP contribution in [0.5, 0.6) is 0 Å². The van der Waals surface area contributed by atoms with Gasteiger partial charge in [-0.3, -0.25) is 14.6 Å². The Bertz CT molecular complexity index is 705. The van der Waals surface area contributed by atoms with E-state index in [1.807, 2.05) is 31.2 Å². The first-order valence-corrected chi connectivity index (χ1v) is 8.88. The van der Waals surface area contributed by atoms with Crippen molar-refractivity contribution in [2.24, 2.45) is 0 Å². The summed E-state index contributed by atoms with van der Waals surface area (Å²) in [7, 11) is 0. The summed E-state index contributed by atoms with van der Waals surface area (Å²) in [4.78, 5) is 16.9. The normalized spacial score (nSPS) is 16.1. The first kappa shape index (κ1) is 17.6. The van der Waals surface area contributed by atoms with Gasteiger partial charge in [-0.15, -0.1) is 0 Å². The molecule has 134 valence electrons. The molecule has 2 aromatic rings. The molecule has 1 aromatic heterocycles. The van der Waals surface area contributed by atoms with Gasteiger partial charge in [0.25, 0.3) is 0 Å². The van der Waals surface area contributed by atoms with Gasteiger partial charge in [0.05, 0.1) is 18.8 Å². The molecule has 3 rings (SSSR count). The monoisotopic (exact) mass is 342 g/mol. The predicted octanol–water partition coefficient (Wildman–Crippen LogP) is 2.30. The van der Waals surface area contributed by atoms with Crippen molar-refractivity contribution in [3.63, 3.8) is 0 Å². The molecule has 1 aliphatic heterocycles. The highest BCUT2D eigenvalue weighted by Gasteiger charge is 2.20. The molecule has 6 heteroatoms. The van der Waals surface area contributed by atoms with Gasteiger partial charge in [0.2, 0.25) is 5.91 Å². The lowest BCUT2D eigenvalue weighted by Gasteiger charge is -2.33. The van der Waals surface area contributed by atoms with Crippen molar-refractivity contribution in [3.05, 3.63) is 47.3 Å². The van der Waals surface area contributed by atoms with E-state index in [1.165, 1.54) is 5.56 Å². The molecule has 1 N–H and O–H groups in total. The summed E-state index contributed by atoms with van der Waals surface area (Å²) in [6, 6.07) is 9.96. The number of piperazine rings is 1. The van der Waals surface area contributed by atoms with E-state index >= 15 is 0 Å². The Morgan fingerprint density at radius 1 is 1.20 bits per heavy atom. The number of rotatable bonds is 6. The molecule has 1 saturated heterocycles. The van der Waals surface area contributed by atoms with Crippen molar-refractivity contribution in [1.82, 2.24) is 15.0 Å². The van der Waals surface area contributed by atoms with Crippen molar-refractivity contribution in [2.75, 3.05) is 38.0 Å². The number of aromatic nitrogens is 1. The fraction of sp³-hybridized carbons (Fsp3) is 0.474. The lowest BCUT2D eigenvalue weighted by Crippen LogP contribution is -2.48. The minimum Gasteiger partial charge on any atom is -0.360 e. The lowest BCUT2D eigenvalue weighted by atomic mass is 10.1. The van der Waals surface area contributed by atoms with Crippen molar-refractivity contribution in [1.29, 1.82) is 0 Å². The molecular formula is C19H26N4O2. The van der Waals surface area contributed by atoms with Crippen molar-refractivity contribution in [3.8, 4) is 0 Å². The number of carbonyl (C=O) groups excluding carboxylic acids is 1. The van der Waals surface area contributed by atoms with Gasteiger partial charge in [0.15, 0.2) is 5.76 Å². The molecular weight excluding hydrogens is 316 g/mol. The molecule has 0 bridgehead atoms. The summed E-state index contributed by atoms with van der Waals surface area (Å²) < 4.78 is 5.28. The highest BCUT2D eigenvalue weighted by Crippen LogP contribution is 2.15. The number of para-hydroxylation sites is 1. The maximum Gasteiger partial charge on any atom is 0.238 e. The molecule has 1 amide bonds. The number of hydrogen-bond acceptors (Lipinski definition) is 5. The molecule has 1 aromatic carbocycles. The van der Waals surface area contributed by atoms with Gasteiger partial charge in [0.1, 0.15) is 0 Å². The van der Waals surface area contributed by atoms with E-state index in [4.69, 9.17) is 4.52 Å². The third-order valence-corrected chi connectivity index (χ3v) is 4.56. The number of hydrogen-bond donors (Lipinski definition) is 1. The summed E-state index contributed by atoms with van der Waals surface area (Å²) in [6.07, 6.45) is 0.913. The Hall–Kier alpha value is -2.18. The van der Waals surface area contributed by atoms with Crippen molar-refractivity contribution in [2.45, 2.75) is 26.8 Å². The molecule has 1 fully saturated rings. The van der Waals surface area contributed by atoms with E-state index in [0.717, 1.165) is 56.3 Å². The third-order valence-electron chi connectivity index (χ3n) is 4.56. The van der Waals surface area contributed by atoms with Gasteiger partial charge in [0, 0.05) is 37.9 Å². The molecule has 1 aliphatic rings. The largest absolute Gasteiger partial charge is 0.360 e. The smallest absolute Gasteiger partial charge is 0.238 e. The molecule has 0 aliphatic carbocycles. The van der Waals surface area contributed by atoms with Gasteiger partial charge >= 0.3 is 0 Å². The van der Waals surface area contributed by atoms with E-state index in [1.54, 1.807) is 0 Å². The van der Waals surface area contributed by atoms with E-state index in [2.05, 4.69) is 33.3 Å². The lowest BCUT2D eigenvalue weighted by molar-refractivity contribution is -0.117.